The lowest BCUT2D eigenvalue weighted by Gasteiger charge is -2.36. The molecule has 3 aromatic rings. The fourth-order valence-corrected chi connectivity index (χ4v) is 4.74. The first-order valence-electron chi connectivity index (χ1n) is 12.3. The summed E-state index contributed by atoms with van der Waals surface area (Å²) in [6, 6.07) is 16.4. The number of benzene rings is 2. The maximum Gasteiger partial charge on any atom is 0.250 e. The summed E-state index contributed by atoms with van der Waals surface area (Å²) in [6.45, 7) is 4.81. The highest BCUT2D eigenvalue weighted by Gasteiger charge is 2.22. The number of furan rings is 1. The van der Waals surface area contributed by atoms with Crippen LogP contribution in [-0.2, 0) is 9.59 Å². The van der Waals surface area contributed by atoms with Gasteiger partial charge in [0, 0.05) is 54.9 Å². The molecule has 0 radical (unpaired) electrons. The molecule has 10 heteroatoms. The highest BCUT2D eigenvalue weighted by Crippen LogP contribution is 2.30. The maximum absolute atomic E-state index is 12.3. The Bertz CT molecular complexity index is 1330. The van der Waals surface area contributed by atoms with Gasteiger partial charge < -0.3 is 19.5 Å². The Kier molecular flexibility index (Phi) is 9.44. The van der Waals surface area contributed by atoms with E-state index in [1.807, 2.05) is 42.2 Å². The normalized spacial score (nSPS) is 13.6. The minimum atomic E-state index is -0.398. The maximum atomic E-state index is 12.3. The van der Waals surface area contributed by atoms with Crippen molar-refractivity contribution in [2.24, 2.45) is 0 Å². The molecule has 0 unspecified atom stereocenters. The summed E-state index contributed by atoms with van der Waals surface area (Å²) in [5.41, 5.74) is 2.44. The summed E-state index contributed by atoms with van der Waals surface area (Å²) in [7, 11) is 0. The van der Waals surface area contributed by atoms with Crippen LogP contribution in [0.5, 0.6) is 0 Å². The second-order valence-electron chi connectivity index (χ2n) is 8.77. The van der Waals surface area contributed by atoms with E-state index in [-0.39, 0.29) is 11.0 Å². The van der Waals surface area contributed by atoms with Crippen LogP contribution < -0.4 is 15.5 Å². The van der Waals surface area contributed by atoms with Gasteiger partial charge in [-0.05, 0) is 79.3 Å². The molecule has 0 spiro atoms. The zero-order chi connectivity index (χ0) is 27.1. The lowest BCUT2D eigenvalue weighted by atomic mass is 10.2. The Morgan fingerprint density at radius 1 is 1.03 bits per heavy atom. The van der Waals surface area contributed by atoms with Crippen molar-refractivity contribution < 1.29 is 14.0 Å². The van der Waals surface area contributed by atoms with E-state index in [0.717, 1.165) is 30.8 Å². The average molecular weight is 572 g/mol. The third-order valence-electron chi connectivity index (χ3n) is 6.03. The van der Waals surface area contributed by atoms with Crippen molar-refractivity contribution in [3.05, 3.63) is 76.5 Å². The molecule has 1 fully saturated rings. The van der Waals surface area contributed by atoms with Crippen LogP contribution in [-0.4, -0.2) is 48.0 Å². The number of carbonyl (C=O) groups is 2. The summed E-state index contributed by atoms with van der Waals surface area (Å²) in [5.74, 6) is 1.01. The van der Waals surface area contributed by atoms with Gasteiger partial charge in [-0.3, -0.25) is 14.9 Å². The lowest BCUT2D eigenvalue weighted by Crippen LogP contribution is -2.48. The number of nitrogens with zero attached hydrogens (tertiary/aromatic N) is 2. The minimum absolute atomic E-state index is 0.146. The largest absolute Gasteiger partial charge is 0.457 e. The van der Waals surface area contributed by atoms with Crippen LogP contribution in [0.1, 0.15) is 25.5 Å². The average Bonchev–Trinajstić information content (AvgIpc) is 3.37. The van der Waals surface area contributed by atoms with Crippen molar-refractivity contribution in [2.45, 2.75) is 19.8 Å². The fraction of sp³-hybridized carbons (Fsp3) is 0.250. The Labute approximate surface area is 237 Å². The van der Waals surface area contributed by atoms with E-state index in [2.05, 4.69) is 15.5 Å². The summed E-state index contributed by atoms with van der Waals surface area (Å²) in [6.07, 6.45) is 4.35. The van der Waals surface area contributed by atoms with E-state index in [4.69, 9.17) is 39.8 Å². The van der Waals surface area contributed by atoms with Crippen molar-refractivity contribution >= 4 is 69.8 Å². The molecule has 2 heterocycles. The molecule has 0 saturated carbocycles. The van der Waals surface area contributed by atoms with Crippen LogP contribution in [0.4, 0.5) is 11.4 Å². The predicted molar refractivity (Wildman–Crippen MR) is 158 cm³/mol. The van der Waals surface area contributed by atoms with Gasteiger partial charge >= 0.3 is 0 Å². The Balaban J connectivity index is 1.27. The van der Waals surface area contributed by atoms with E-state index in [1.54, 1.807) is 30.3 Å². The number of amides is 2. The smallest absolute Gasteiger partial charge is 0.250 e. The van der Waals surface area contributed by atoms with Gasteiger partial charge in [0.1, 0.15) is 11.5 Å². The summed E-state index contributed by atoms with van der Waals surface area (Å²) in [4.78, 5) is 28.5. The van der Waals surface area contributed by atoms with Crippen LogP contribution >= 0.6 is 35.4 Å². The van der Waals surface area contributed by atoms with E-state index < -0.39 is 5.91 Å². The monoisotopic (exact) mass is 570 g/mol. The van der Waals surface area contributed by atoms with E-state index in [0.29, 0.717) is 46.8 Å². The van der Waals surface area contributed by atoms with Gasteiger partial charge in [0.15, 0.2) is 5.11 Å². The molecular formula is C28H28Cl2N4O3S. The van der Waals surface area contributed by atoms with E-state index in [1.165, 1.54) is 6.08 Å². The van der Waals surface area contributed by atoms with Crippen molar-refractivity contribution in [1.29, 1.82) is 0 Å². The molecule has 7 nitrogen and oxygen atoms in total. The molecule has 2 N–H and O–H groups in total. The van der Waals surface area contributed by atoms with Gasteiger partial charge in [-0.1, -0.05) is 30.1 Å². The zero-order valence-electron chi connectivity index (χ0n) is 20.9. The number of halogens is 2. The van der Waals surface area contributed by atoms with Crippen LogP contribution in [0, 0.1) is 0 Å². The molecule has 38 heavy (non-hydrogen) atoms. The Hall–Kier alpha value is -3.33. The number of piperazine rings is 1. The third kappa shape index (κ3) is 7.37. The molecule has 1 aliphatic heterocycles. The Morgan fingerprint density at radius 3 is 2.45 bits per heavy atom. The van der Waals surface area contributed by atoms with Crippen LogP contribution in [0.2, 0.25) is 10.0 Å². The third-order valence-corrected chi connectivity index (χ3v) is 6.79. The van der Waals surface area contributed by atoms with Crippen LogP contribution in [0.25, 0.3) is 17.4 Å². The van der Waals surface area contributed by atoms with E-state index in [9.17, 15) is 9.59 Å². The zero-order valence-corrected chi connectivity index (χ0v) is 23.2. The first kappa shape index (κ1) is 27.7. The van der Waals surface area contributed by atoms with E-state index >= 15 is 0 Å². The molecule has 1 aliphatic rings. The highest BCUT2D eigenvalue weighted by atomic mass is 35.5. The Morgan fingerprint density at radius 2 is 1.76 bits per heavy atom. The first-order valence-corrected chi connectivity index (χ1v) is 13.5. The highest BCUT2D eigenvalue weighted by molar-refractivity contribution is 7.80. The second-order valence-corrected chi connectivity index (χ2v) is 10.0. The van der Waals surface area contributed by atoms with Crippen LogP contribution in [0.3, 0.4) is 0 Å². The molecule has 2 amide bonds. The molecule has 0 atom stereocenters. The fourth-order valence-electron chi connectivity index (χ4n) is 4.10. The summed E-state index contributed by atoms with van der Waals surface area (Å²) < 4.78 is 5.77. The topological polar surface area (TPSA) is 77.8 Å². The molecule has 1 aromatic heterocycles. The summed E-state index contributed by atoms with van der Waals surface area (Å²) in [5, 5.41) is 6.95. The summed E-state index contributed by atoms with van der Waals surface area (Å²) >= 11 is 17.8. The molecule has 4 rings (SSSR count). The van der Waals surface area contributed by atoms with Crippen molar-refractivity contribution in [3.8, 4) is 11.3 Å². The molecular weight excluding hydrogens is 543 g/mol. The number of carbonyl (C=O) groups excluding carboxylic acids is 2. The van der Waals surface area contributed by atoms with Crippen molar-refractivity contribution in [2.75, 3.05) is 36.4 Å². The number of nitrogens with one attached hydrogen (secondary N) is 2. The molecule has 2 aromatic carbocycles. The predicted octanol–water partition coefficient (Wildman–Crippen LogP) is 6.23. The molecule has 0 aliphatic carbocycles. The minimum Gasteiger partial charge on any atom is -0.457 e. The number of hydrogen-bond acceptors (Lipinski definition) is 5. The first-order chi connectivity index (χ1) is 18.3. The molecule has 0 bridgehead atoms. The van der Waals surface area contributed by atoms with Crippen LogP contribution in [0.15, 0.2) is 65.1 Å². The number of thiocarbonyl (C=S) groups is 1. The van der Waals surface area contributed by atoms with Crippen molar-refractivity contribution in [1.82, 2.24) is 10.2 Å². The SMILES string of the molecule is CCCC(=O)N1CCN(c2ccc(NC(=S)NC(=O)C=Cc3ccc(-c4ccc(Cl)cc4)o3)cc2Cl)CC1. The van der Waals surface area contributed by atoms with Gasteiger partial charge in [-0.25, -0.2) is 0 Å². The number of anilines is 2. The van der Waals surface area contributed by atoms with Gasteiger partial charge in [-0.15, -0.1) is 0 Å². The van der Waals surface area contributed by atoms with Crippen molar-refractivity contribution in [3.63, 3.8) is 0 Å². The van der Waals surface area contributed by atoms with Gasteiger partial charge in [0.05, 0.1) is 10.7 Å². The van der Waals surface area contributed by atoms with Gasteiger partial charge in [-0.2, -0.15) is 0 Å². The van der Waals surface area contributed by atoms with Gasteiger partial charge in [0.2, 0.25) is 11.8 Å². The molecule has 198 valence electrons. The molecule has 1 saturated heterocycles. The number of rotatable bonds is 7. The quantitative estimate of drug-likeness (QED) is 0.259. The standard InChI is InChI=1S/C28H28Cl2N4O3S/c1-2-3-27(36)34-16-14-33(15-17-34)24-11-8-21(18-23(24)30)31-28(38)32-26(35)13-10-22-9-12-25(37-22)19-4-6-20(29)7-5-19/h4-13,18H,2-3,14-17H2,1H3,(H2,31,32,35,38). The van der Waals surface area contributed by atoms with Gasteiger partial charge in [0.25, 0.3) is 0 Å². The lowest BCUT2D eigenvalue weighted by molar-refractivity contribution is -0.131. The second kappa shape index (κ2) is 13.0. The number of hydrogen-bond donors (Lipinski definition) is 2.